The van der Waals surface area contributed by atoms with Gasteiger partial charge in [0.25, 0.3) is 15.9 Å². The average molecular weight is 402 g/mol. The molecule has 2 aromatic rings. The normalized spacial score (nSPS) is 16.0. The van der Waals surface area contributed by atoms with Crippen molar-refractivity contribution in [3.63, 3.8) is 0 Å². The number of rotatable bonds is 5. The van der Waals surface area contributed by atoms with Crippen LogP contribution in [0.1, 0.15) is 10.4 Å². The maximum atomic E-state index is 12.6. The minimum absolute atomic E-state index is 0.0300. The van der Waals surface area contributed by atoms with E-state index < -0.39 is 22.5 Å². The SMILES string of the molecule is O=C(c1ccccc1OC(F)F)N1CCN(S(=O)(=O)c2cccs2)CC1. The third-order valence-corrected chi connectivity index (χ3v) is 7.22. The van der Waals surface area contributed by atoms with Crippen LogP contribution < -0.4 is 4.74 Å². The molecule has 0 N–H and O–H groups in total. The monoisotopic (exact) mass is 402 g/mol. The fraction of sp³-hybridized carbons (Fsp3) is 0.312. The number of alkyl halides is 2. The summed E-state index contributed by atoms with van der Waals surface area (Å²) in [5, 5.41) is 1.69. The molecule has 1 aliphatic heterocycles. The summed E-state index contributed by atoms with van der Waals surface area (Å²) in [6.07, 6.45) is 0. The molecule has 1 aliphatic rings. The molecule has 0 saturated carbocycles. The number of thiophene rings is 1. The molecule has 0 aliphatic carbocycles. The average Bonchev–Trinajstić information content (AvgIpc) is 3.17. The van der Waals surface area contributed by atoms with Crippen LogP contribution in [0.5, 0.6) is 5.75 Å². The second-order valence-electron chi connectivity index (χ2n) is 5.50. The lowest BCUT2D eigenvalue weighted by molar-refractivity contribution is -0.0503. The molecule has 26 heavy (non-hydrogen) atoms. The lowest BCUT2D eigenvalue weighted by Crippen LogP contribution is -2.50. The minimum Gasteiger partial charge on any atom is -0.434 e. The van der Waals surface area contributed by atoms with Crippen molar-refractivity contribution >= 4 is 27.3 Å². The van der Waals surface area contributed by atoms with E-state index in [9.17, 15) is 22.0 Å². The molecule has 2 heterocycles. The molecule has 1 saturated heterocycles. The number of ether oxygens (including phenoxy) is 1. The largest absolute Gasteiger partial charge is 0.434 e. The summed E-state index contributed by atoms with van der Waals surface area (Å²) < 4.78 is 56.0. The molecule has 1 fully saturated rings. The van der Waals surface area contributed by atoms with Crippen LogP contribution >= 0.6 is 11.3 Å². The van der Waals surface area contributed by atoms with Gasteiger partial charge in [-0.05, 0) is 23.6 Å². The van der Waals surface area contributed by atoms with E-state index in [2.05, 4.69) is 4.74 Å². The second kappa shape index (κ2) is 7.68. The smallest absolute Gasteiger partial charge is 0.387 e. The Kier molecular flexibility index (Phi) is 5.54. The van der Waals surface area contributed by atoms with Crippen LogP contribution in [0.3, 0.4) is 0 Å². The van der Waals surface area contributed by atoms with Gasteiger partial charge in [-0.25, -0.2) is 8.42 Å². The van der Waals surface area contributed by atoms with E-state index >= 15 is 0 Å². The quantitative estimate of drug-likeness (QED) is 0.771. The summed E-state index contributed by atoms with van der Waals surface area (Å²) in [4.78, 5) is 14.1. The Balaban J connectivity index is 1.70. The van der Waals surface area contributed by atoms with Crippen molar-refractivity contribution in [2.24, 2.45) is 0 Å². The van der Waals surface area contributed by atoms with Crippen molar-refractivity contribution in [2.45, 2.75) is 10.8 Å². The Morgan fingerprint density at radius 3 is 2.38 bits per heavy atom. The first kappa shape index (κ1) is 18.7. The first-order valence-electron chi connectivity index (χ1n) is 7.76. The number of benzene rings is 1. The van der Waals surface area contributed by atoms with Crippen molar-refractivity contribution in [3.05, 3.63) is 47.3 Å². The Hall–Kier alpha value is -2.04. The summed E-state index contributed by atoms with van der Waals surface area (Å²) in [7, 11) is -3.57. The number of sulfonamides is 1. The fourth-order valence-electron chi connectivity index (χ4n) is 2.68. The van der Waals surface area contributed by atoms with Gasteiger partial charge >= 0.3 is 6.61 Å². The third-order valence-electron chi connectivity index (χ3n) is 3.95. The van der Waals surface area contributed by atoms with E-state index in [1.165, 1.54) is 33.5 Å². The van der Waals surface area contributed by atoms with E-state index in [0.29, 0.717) is 0 Å². The van der Waals surface area contributed by atoms with E-state index in [0.717, 1.165) is 11.3 Å². The van der Waals surface area contributed by atoms with Crippen LogP contribution in [0.4, 0.5) is 8.78 Å². The molecule has 1 aromatic carbocycles. The van der Waals surface area contributed by atoms with Crippen LogP contribution in [0.2, 0.25) is 0 Å². The van der Waals surface area contributed by atoms with E-state index in [1.54, 1.807) is 17.5 Å². The van der Waals surface area contributed by atoms with Crippen LogP contribution in [-0.4, -0.2) is 56.3 Å². The summed E-state index contributed by atoms with van der Waals surface area (Å²) in [6, 6.07) is 8.97. The molecular weight excluding hydrogens is 386 g/mol. The third kappa shape index (κ3) is 3.87. The predicted molar refractivity (Wildman–Crippen MR) is 92.1 cm³/mol. The van der Waals surface area contributed by atoms with Gasteiger partial charge in [-0.15, -0.1) is 11.3 Å². The molecule has 1 amide bonds. The van der Waals surface area contributed by atoms with Crippen LogP contribution in [0, 0.1) is 0 Å². The van der Waals surface area contributed by atoms with Gasteiger partial charge in [0.2, 0.25) is 0 Å². The van der Waals surface area contributed by atoms with Gasteiger partial charge < -0.3 is 9.64 Å². The predicted octanol–water partition coefficient (Wildman–Crippen LogP) is 2.50. The van der Waals surface area contributed by atoms with Crippen molar-refractivity contribution < 1.29 is 26.7 Å². The molecular formula is C16H16F2N2O4S2. The van der Waals surface area contributed by atoms with Gasteiger partial charge in [-0.3, -0.25) is 4.79 Å². The van der Waals surface area contributed by atoms with Gasteiger partial charge in [0.1, 0.15) is 9.96 Å². The summed E-state index contributed by atoms with van der Waals surface area (Å²) in [5.74, 6) is -0.657. The van der Waals surface area contributed by atoms with Crippen LogP contribution in [0.15, 0.2) is 46.0 Å². The second-order valence-corrected chi connectivity index (χ2v) is 8.62. The van der Waals surface area contributed by atoms with Gasteiger partial charge in [-0.1, -0.05) is 18.2 Å². The number of nitrogens with zero attached hydrogens (tertiary/aromatic N) is 2. The molecule has 1 aromatic heterocycles. The number of amides is 1. The molecule has 0 atom stereocenters. The first-order valence-corrected chi connectivity index (χ1v) is 10.1. The van der Waals surface area contributed by atoms with Gasteiger partial charge in [0.05, 0.1) is 5.56 Å². The minimum atomic E-state index is -3.57. The lowest BCUT2D eigenvalue weighted by Gasteiger charge is -2.34. The summed E-state index contributed by atoms with van der Waals surface area (Å²) >= 11 is 1.14. The number of piperazine rings is 1. The zero-order valence-corrected chi connectivity index (χ0v) is 15.2. The van der Waals surface area contributed by atoms with Crippen molar-refractivity contribution in [1.82, 2.24) is 9.21 Å². The number of carbonyl (C=O) groups excluding carboxylic acids is 1. The molecule has 6 nitrogen and oxygen atoms in total. The maximum absolute atomic E-state index is 12.6. The summed E-state index contributed by atoms with van der Waals surface area (Å²) in [5.41, 5.74) is 0.0300. The molecule has 3 rings (SSSR count). The highest BCUT2D eigenvalue weighted by atomic mass is 32.2. The van der Waals surface area contributed by atoms with Gasteiger partial charge in [0.15, 0.2) is 0 Å². The van der Waals surface area contributed by atoms with Crippen molar-refractivity contribution in [3.8, 4) is 5.75 Å². The van der Waals surface area contributed by atoms with Crippen molar-refractivity contribution in [2.75, 3.05) is 26.2 Å². The van der Waals surface area contributed by atoms with E-state index in [1.807, 2.05) is 0 Å². The van der Waals surface area contributed by atoms with Gasteiger partial charge in [-0.2, -0.15) is 13.1 Å². The lowest BCUT2D eigenvalue weighted by atomic mass is 10.1. The molecule has 10 heteroatoms. The molecule has 0 spiro atoms. The number of para-hydroxylation sites is 1. The number of hydrogen-bond acceptors (Lipinski definition) is 5. The van der Waals surface area contributed by atoms with Crippen LogP contribution in [-0.2, 0) is 10.0 Å². The molecule has 0 radical (unpaired) electrons. The van der Waals surface area contributed by atoms with E-state index in [4.69, 9.17) is 0 Å². The first-order chi connectivity index (χ1) is 12.4. The highest BCUT2D eigenvalue weighted by Gasteiger charge is 2.31. The Morgan fingerprint density at radius 2 is 1.77 bits per heavy atom. The number of hydrogen-bond donors (Lipinski definition) is 0. The molecule has 140 valence electrons. The zero-order chi connectivity index (χ0) is 18.7. The molecule has 0 bridgehead atoms. The molecule has 0 unspecified atom stereocenters. The number of halogens is 2. The fourth-order valence-corrected chi connectivity index (χ4v) is 5.25. The topological polar surface area (TPSA) is 66.9 Å². The highest BCUT2D eigenvalue weighted by molar-refractivity contribution is 7.91. The maximum Gasteiger partial charge on any atom is 0.387 e. The van der Waals surface area contributed by atoms with Crippen molar-refractivity contribution in [1.29, 1.82) is 0 Å². The standard InChI is InChI=1S/C16H16F2N2O4S2/c17-16(18)24-13-5-2-1-4-12(13)15(21)19-7-9-20(10-8-19)26(22,23)14-6-3-11-25-14/h1-6,11,16H,7-10H2. The zero-order valence-electron chi connectivity index (χ0n) is 13.5. The van der Waals surface area contributed by atoms with Crippen LogP contribution in [0.25, 0.3) is 0 Å². The Labute approximate surface area is 153 Å². The Morgan fingerprint density at radius 1 is 1.08 bits per heavy atom. The highest BCUT2D eigenvalue weighted by Crippen LogP contribution is 2.25. The number of carbonyl (C=O) groups is 1. The Bertz CT molecular complexity index is 864. The summed E-state index contributed by atoms with van der Waals surface area (Å²) in [6.45, 7) is -2.40. The van der Waals surface area contributed by atoms with E-state index in [-0.39, 0.29) is 41.7 Å². The van der Waals surface area contributed by atoms with Gasteiger partial charge in [0, 0.05) is 26.2 Å².